The predicted octanol–water partition coefficient (Wildman–Crippen LogP) is 2.67. The quantitative estimate of drug-likeness (QED) is 0.871. The Labute approximate surface area is 119 Å². The zero-order valence-corrected chi connectivity index (χ0v) is 12.1. The van der Waals surface area contributed by atoms with E-state index in [2.05, 4.69) is 22.4 Å². The van der Waals surface area contributed by atoms with Crippen LogP contribution in [-0.4, -0.2) is 20.2 Å². The number of benzene rings is 1. The zero-order valence-electron chi connectivity index (χ0n) is 12.1. The molecule has 0 bridgehead atoms. The monoisotopic (exact) mass is 271 g/mol. The van der Waals surface area contributed by atoms with Crippen molar-refractivity contribution in [2.24, 2.45) is 11.8 Å². The van der Waals surface area contributed by atoms with Crippen molar-refractivity contribution in [3.63, 3.8) is 0 Å². The molecule has 20 heavy (non-hydrogen) atoms. The predicted molar refractivity (Wildman–Crippen MR) is 78.9 cm³/mol. The minimum absolute atomic E-state index is 0.686. The van der Waals surface area contributed by atoms with E-state index >= 15 is 0 Å². The molecule has 1 heterocycles. The van der Waals surface area contributed by atoms with Crippen LogP contribution in [0.5, 0.6) is 0 Å². The summed E-state index contributed by atoms with van der Waals surface area (Å²) in [6.07, 6.45) is 3.93. The van der Waals surface area contributed by atoms with Crippen molar-refractivity contribution in [1.82, 2.24) is 20.2 Å². The van der Waals surface area contributed by atoms with Gasteiger partial charge in [0.05, 0.1) is 0 Å². The van der Waals surface area contributed by atoms with Gasteiger partial charge in [-0.05, 0) is 59.4 Å². The number of nitrogens with two attached hydrogens (primary N) is 1. The third kappa shape index (κ3) is 2.40. The van der Waals surface area contributed by atoms with Crippen molar-refractivity contribution in [2.75, 3.05) is 5.73 Å². The molecule has 1 fully saturated rings. The smallest absolute Gasteiger partial charge is 0.182 e. The molecule has 3 rings (SSSR count). The lowest BCUT2D eigenvalue weighted by molar-refractivity contribution is 0.346. The summed E-state index contributed by atoms with van der Waals surface area (Å²) in [5, 5.41) is 12.2. The Bertz CT molecular complexity index is 604. The van der Waals surface area contributed by atoms with E-state index < -0.39 is 0 Å². The van der Waals surface area contributed by atoms with Crippen LogP contribution >= 0.6 is 0 Å². The highest BCUT2D eigenvalue weighted by Gasteiger charge is 2.25. The lowest BCUT2D eigenvalue weighted by Crippen LogP contribution is -2.15. The number of hydrogen-bond donors (Lipinski definition) is 1. The number of nitrogens with zero attached hydrogens (tertiary/aromatic N) is 4. The molecule has 0 spiro atoms. The second-order valence-electron chi connectivity index (χ2n) is 5.93. The van der Waals surface area contributed by atoms with E-state index in [-0.39, 0.29) is 0 Å². The molecule has 5 nitrogen and oxygen atoms in total. The van der Waals surface area contributed by atoms with Gasteiger partial charge in [-0.15, -0.1) is 5.10 Å². The molecular formula is C15H21N5. The van der Waals surface area contributed by atoms with Gasteiger partial charge in [0.15, 0.2) is 5.82 Å². The first-order valence-electron chi connectivity index (χ1n) is 7.28. The Morgan fingerprint density at radius 1 is 1.35 bits per heavy atom. The molecule has 2 atom stereocenters. The molecule has 5 heteroatoms. The number of aromatic nitrogens is 4. The molecule has 0 aliphatic heterocycles. The van der Waals surface area contributed by atoms with E-state index in [0.717, 1.165) is 35.1 Å². The first-order chi connectivity index (χ1) is 9.65. The number of hydrogen-bond acceptors (Lipinski definition) is 4. The van der Waals surface area contributed by atoms with Crippen LogP contribution in [0.15, 0.2) is 18.2 Å². The van der Waals surface area contributed by atoms with Crippen molar-refractivity contribution in [1.29, 1.82) is 0 Å². The third-order valence-corrected chi connectivity index (χ3v) is 4.47. The van der Waals surface area contributed by atoms with Gasteiger partial charge >= 0.3 is 0 Å². The maximum absolute atomic E-state index is 5.81. The molecular weight excluding hydrogens is 250 g/mol. The van der Waals surface area contributed by atoms with E-state index in [4.69, 9.17) is 5.73 Å². The first-order valence-corrected chi connectivity index (χ1v) is 7.28. The van der Waals surface area contributed by atoms with Crippen LogP contribution in [0.3, 0.4) is 0 Å². The van der Waals surface area contributed by atoms with Crippen LogP contribution in [0, 0.1) is 18.8 Å². The summed E-state index contributed by atoms with van der Waals surface area (Å²) in [5.41, 5.74) is 8.76. The number of aryl methyl sites for hydroxylation is 1. The van der Waals surface area contributed by atoms with Gasteiger partial charge in [-0.25, -0.2) is 4.68 Å². The zero-order chi connectivity index (χ0) is 14.1. The molecule has 2 N–H and O–H groups in total. The summed E-state index contributed by atoms with van der Waals surface area (Å²) in [6, 6.07) is 5.87. The summed E-state index contributed by atoms with van der Waals surface area (Å²) in [4.78, 5) is 0. The first kappa shape index (κ1) is 13.1. The Morgan fingerprint density at radius 2 is 2.20 bits per heavy atom. The van der Waals surface area contributed by atoms with E-state index in [9.17, 15) is 0 Å². The molecule has 1 aromatic heterocycles. The van der Waals surface area contributed by atoms with Crippen molar-refractivity contribution in [3.8, 4) is 11.4 Å². The average molecular weight is 271 g/mol. The molecule has 1 aliphatic carbocycles. The standard InChI is InChI=1S/C15H21N5/c1-10-4-3-5-12(10)9-20-15(17-18-19-20)14-7-6-13(16)8-11(14)2/h6-8,10,12H,3-5,9,16H2,1-2H3. The lowest BCUT2D eigenvalue weighted by Gasteiger charge is -2.16. The molecule has 1 aliphatic rings. The normalized spacial score (nSPS) is 22.3. The van der Waals surface area contributed by atoms with Crippen LogP contribution in [-0.2, 0) is 6.54 Å². The third-order valence-electron chi connectivity index (χ3n) is 4.47. The molecule has 0 amide bonds. The Hall–Kier alpha value is -1.91. The second-order valence-corrected chi connectivity index (χ2v) is 5.93. The van der Waals surface area contributed by atoms with Gasteiger partial charge in [0, 0.05) is 17.8 Å². The maximum atomic E-state index is 5.81. The molecule has 2 aromatic rings. The van der Waals surface area contributed by atoms with E-state index in [1.807, 2.05) is 29.8 Å². The van der Waals surface area contributed by atoms with E-state index in [1.165, 1.54) is 19.3 Å². The molecule has 1 saturated carbocycles. The number of tetrazole rings is 1. The van der Waals surface area contributed by atoms with Gasteiger partial charge in [-0.1, -0.05) is 19.8 Å². The SMILES string of the molecule is Cc1cc(N)ccc1-c1nnnn1CC1CCCC1C. The largest absolute Gasteiger partial charge is 0.399 e. The van der Waals surface area contributed by atoms with Crippen LogP contribution < -0.4 is 5.73 Å². The van der Waals surface area contributed by atoms with Gasteiger partial charge < -0.3 is 5.73 Å². The van der Waals surface area contributed by atoms with Crippen molar-refractivity contribution in [2.45, 2.75) is 39.7 Å². The van der Waals surface area contributed by atoms with Gasteiger partial charge in [0.1, 0.15) is 0 Å². The Morgan fingerprint density at radius 3 is 2.90 bits per heavy atom. The maximum Gasteiger partial charge on any atom is 0.182 e. The fraction of sp³-hybridized carbons (Fsp3) is 0.533. The number of rotatable bonds is 3. The molecule has 106 valence electrons. The van der Waals surface area contributed by atoms with Crippen LogP contribution in [0.2, 0.25) is 0 Å². The summed E-state index contributed by atoms with van der Waals surface area (Å²) in [7, 11) is 0. The van der Waals surface area contributed by atoms with Crippen molar-refractivity contribution < 1.29 is 0 Å². The Balaban J connectivity index is 1.89. The summed E-state index contributed by atoms with van der Waals surface area (Å²) < 4.78 is 1.95. The van der Waals surface area contributed by atoms with E-state index in [0.29, 0.717) is 5.92 Å². The topological polar surface area (TPSA) is 69.6 Å². The minimum atomic E-state index is 0.686. The second kappa shape index (κ2) is 5.23. The minimum Gasteiger partial charge on any atom is -0.399 e. The molecule has 2 unspecified atom stereocenters. The van der Waals surface area contributed by atoms with Crippen LogP contribution in [0.25, 0.3) is 11.4 Å². The summed E-state index contributed by atoms with van der Waals surface area (Å²) in [5.74, 6) is 2.30. The fourth-order valence-electron chi connectivity index (χ4n) is 3.17. The summed E-state index contributed by atoms with van der Waals surface area (Å²) >= 11 is 0. The number of nitrogen functional groups attached to an aromatic ring is 1. The van der Waals surface area contributed by atoms with Gasteiger partial charge in [0.2, 0.25) is 0 Å². The van der Waals surface area contributed by atoms with Crippen molar-refractivity contribution in [3.05, 3.63) is 23.8 Å². The number of anilines is 1. The summed E-state index contributed by atoms with van der Waals surface area (Å²) in [6.45, 7) is 5.28. The average Bonchev–Trinajstić information content (AvgIpc) is 3.01. The lowest BCUT2D eigenvalue weighted by atomic mass is 9.98. The highest BCUT2D eigenvalue weighted by Crippen LogP contribution is 2.33. The molecule has 0 radical (unpaired) electrons. The molecule has 0 saturated heterocycles. The van der Waals surface area contributed by atoms with Crippen LogP contribution in [0.4, 0.5) is 5.69 Å². The highest BCUT2D eigenvalue weighted by atomic mass is 15.5. The fourth-order valence-corrected chi connectivity index (χ4v) is 3.17. The van der Waals surface area contributed by atoms with Gasteiger partial charge in [0.25, 0.3) is 0 Å². The van der Waals surface area contributed by atoms with Gasteiger partial charge in [-0.2, -0.15) is 0 Å². The molecule has 1 aromatic carbocycles. The highest BCUT2D eigenvalue weighted by molar-refractivity contribution is 5.63. The van der Waals surface area contributed by atoms with E-state index in [1.54, 1.807) is 0 Å². The van der Waals surface area contributed by atoms with Crippen molar-refractivity contribution >= 4 is 5.69 Å². The van der Waals surface area contributed by atoms with Crippen LogP contribution in [0.1, 0.15) is 31.7 Å². The Kier molecular flexibility index (Phi) is 3.42. The van der Waals surface area contributed by atoms with Gasteiger partial charge in [-0.3, -0.25) is 0 Å².